The first-order valence-electron chi connectivity index (χ1n) is 4.69. The molecule has 0 aliphatic heterocycles. The molecule has 2 heteroatoms. The lowest BCUT2D eigenvalue weighted by atomic mass is 9.95. The van der Waals surface area contributed by atoms with E-state index in [0.717, 1.165) is 5.56 Å². The number of carbonyl (C=O) groups is 1. The van der Waals surface area contributed by atoms with E-state index in [9.17, 15) is 4.79 Å². The van der Waals surface area contributed by atoms with Crippen LogP contribution in [-0.2, 0) is 16.1 Å². The summed E-state index contributed by atoms with van der Waals surface area (Å²) in [5.74, 6) is 0. The van der Waals surface area contributed by atoms with Crippen LogP contribution in [-0.4, -0.2) is 6.47 Å². The standard InChI is InChI=1S/C12H16O2/c1-8-5-12(6-14-7-13)11(4)10(3)9(8)2/h5,7H,6H2,1-4H3. The monoisotopic (exact) mass is 192 g/mol. The van der Waals surface area contributed by atoms with Gasteiger partial charge >= 0.3 is 0 Å². The van der Waals surface area contributed by atoms with E-state index >= 15 is 0 Å². The fourth-order valence-corrected chi connectivity index (χ4v) is 1.57. The Labute approximate surface area is 84.9 Å². The summed E-state index contributed by atoms with van der Waals surface area (Å²) >= 11 is 0. The lowest BCUT2D eigenvalue weighted by molar-refractivity contribution is -0.129. The predicted octanol–water partition coefficient (Wildman–Crippen LogP) is 2.59. The van der Waals surface area contributed by atoms with Crippen molar-refractivity contribution in [3.05, 3.63) is 33.9 Å². The van der Waals surface area contributed by atoms with Crippen molar-refractivity contribution < 1.29 is 9.53 Å². The summed E-state index contributed by atoms with van der Waals surface area (Å²) in [7, 11) is 0. The first kappa shape index (κ1) is 10.8. The number of benzene rings is 1. The minimum absolute atomic E-state index is 0.372. The number of rotatable bonds is 3. The minimum Gasteiger partial charge on any atom is -0.463 e. The average Bonchev–Trinajstić information content (AvgIpc) is 2.18. The predicted molar refractivity (Wildman–Crippen MR) is 56.2 cm³/mol. The summed E-state index contributed by atoms with van der Waals surface area (Å²) in [4.78, 5) is 10.1. The largest absolute Gasteiger partial charge is 0.463 e. The average molecular weight is 192 g/mol. The molecule has 0 aromatic heterocycles. The molecule has 1 rings (SSSR count). The van der Waals surface area contributed by atoms with Crippen molar-refractivity contribution in [1.29, 1.82) is 0 Å². The van der Waals surface area contributed by atoms with Crippen molar-refractivity contribution in [2.45, 2.75) is 34.3 Å². The Kier molecular flexibility index (Phi) is 3.28. The van der Waals surface area contributed by atoms with E-state index in [-0.39, 0.29) is 0 Å². The third kappa shape index (κ3) is 1.95. The van der Waals surface area contributed by atoms with Crippen LogP contribution >= 0.6 is 0 Å². The van der Waals surface area contributed by atoms with Crippen LogP contribution in [0.5, 0.6) is 0 Å². The molecule has 0 saturated carbocycles. The molecule has 2 nitrogen and oxygen atoms in total. The highest BCUT2D eigenvalue weighted by molar-refractivity contribution is 5.44. The second kappa shape index (κ2) is 4.27. The molecule has 1 aromatic rings. The summed E-state index contributed by atoms with van der Waals surface area (Å²) in [6.45, 7) is 9.21. The molecule has 0 unspecified atom stereocenters. The van der Waals surface area contributed by atoms with Gasteiger partial charge < -0.3 is 4.74 Å². The number of aryl methyl sites for hydroxylation is 1. The topological polar surface area (TPSA) is 26.3 Å². The van der Waals surface area contributed by atoms with Gasteiger partial charge in [0.25, 0.3) is 6.47 Å². The van der Waals surface area contributed by atoms with Crippen molar-refractivity contribution in [1.82, 2.24) is 0 Å². The molecule has 0 aliphatic carbocycles. The molecule has 0 spiro atoms. The van der Waals surface area contributed by atoms with Crippen molar-refractivity contribution >= 4 is 6.47 Å². The van der Waals surface area contributed by atoms with Crippen LogP contribution in [0.1, 0.15) is 27.8 Å². The zero-order valence-electron chi connectivity index (χ0n) is 9.18. The molecule has 1 aromatic carbocycles. The van der Waals surface area contributed by atoms with Crippen LogP contribution in [0.25, 0.3) is 0 Å². The highest BCUT2D eigenvalue weighted by Crippen LogP contribution is 2.21. The van der Waals surface area contributed by atoms with Gasteiger partial charge in [-0.15, -0.1) is 0 Å². The van der Waals surface area contributed by atoms with Crippen LogP contribution in [0.3, 0.4) is 0 Å². The zero-order valence-corrected chi connectivity index (χ0v) is 9.18. The smallest absolute Gasteiger partial charge is 0.293 e. The molecular formula is C12H16O2. The maximum Gasteiger partial charge on any atom is 0.293 e. The molecule has 0 heterocycles. The Bertz CT molecular complexity index is 354. The Morgan fingerprint density at radius 1 is 1.14 bits per heavy atom. The molecule has 0 bridgehead atoms. The van der Waals surface area contributed by atoms with Gasteiger partial charge in [-0.1, -0.05) is 6.07 Å². The first-order valence-corrected chi connectivity index (χ1v) is 4.69. The SMILES string of the molecule is Cc1cc(COC=O)c(C)c(C)c1C. The molecule has 0 fully saturated rings. The Balaban J connectivity index is 3.12. The molecule has 0 saturated heterocycles. The van der Waals surface area contributed by atoms with Gasteiger partial charge in [0.05, 0.1) is 0 Å². The van der Waals surface area contributed by atoms with Crippen molar-refractivity contribution in [2.75, 3.05) is 0 Å². The van der Waals surface area contributed by atoms with Gasteiger partial charge in [0.1, 0.15) is 6.61 Å². The second-order valence-electron chi connectivity index (χ2n) is 3.63. The molecule has 14 heavy (non-hydrogen) atoms. The lowest BCUT2D eigenvalue weighted by Crippen LogP contribution is -1.99. The van der Waals surface area contributed by atoms with Crippen molar-refractivity contribution in [2.24, 2.45) is 0 Å². The fraction of sp³-hybridized carbons (Fsp3) is 0.417. The summed E-state index contributed by atoms with van der Waals surface area (Å²) in [6, 6.07) is 2.08. The van der Waals surface area contributed by atoms with Gasteiger partial charge in [-0.3, -0.25) is 4.79 Å². The maximum absolute atomic E-state index is 10.1. The van der Waals surface area contributed by atoms with E-state index in [1.807, 2.05) is 0 Å². The van der Waals surface area contributed by atoms with Gasteiger partial charge in [-0.2, -0.15) is 0 Å². The van der Waals surface area contributed by atoms with Crippen LogP contribution in [0.2, 0.25) is 0 Å². The van der Waals surface area contributed by atoms with Gasteiger partial charge in [-0.05, 0) is 55.5 Å². The normalized spacial score (nSPS) is 10.0. The van der Waals surface area contributed by atoms with Crippen LogP contribution in [0.4, 0.5) is 0 Å². The number of ether oxygens (including phenoxy) is 1. The lowest BCUT2D eigenvalue weighted by Gasteiger charge is -2.13. The number of hydrogen-bond donors (Lipinski definition) is 0. The third-order valence-corrected chi connectivity index (χ3v) is 2.90. The van der Waals surface area contributed by atoms with Crippen LogP contribution in [0, 0.1) is 27.7 Å². The highest BCUT2D eigenvalue weighted by atomic mass is 16.5. The summed E-state index contributed by atoms with van der Waals surface area (Å²) in [5.41, 5.74) is 6.16. The van der Waals surface area contributed by atoms with E-state index < -0.39 is 0 Å². The van der Waals surface area contributed by atoms with Gasteiger partial charge in [0.15, 0.2) is 0 Å². The number of hydrogen-bond acceptors (Lipinski definition) is 2. The minimum atomic E-state index is 0.372. The molecular weight excluding hydrogens is 176 g/mol. The Hall–Kier alpha value is -1.31. The van der Waals surface area contributed by atoms with Gasteiger partial charge in [-0.25, -0.2) is 0 Å². The maximum atomic E-state index is 10.1. The molecule has 0 N–H and O–H groups in total. The van der Waals surface area contributed by atoms with Crippen LogP contribution < -0.4 is 0 Å². The first-order chi connectivity index (χ1) is 6.57. The fourth-order valence-electron chi connectivity index (χ4n) is 1.57. The third-order valence-electron chi connectivity index (χ3n) is 2.90. The summed E-state index contributed by atoms with van der Waals surface area (Å²) < 4.78 is 4.77. The van der Waals surface area contributed by atoms with Gasteiger partial charge in [0, 0.05) is 0 Å². The Morgan fingerprint density at radius 2 is 1.79 bits per heavy atom. The van der Waals surface area contributed by atoms with E-state index in [1.54, 1.807) is 0 Å². The van der Waals surface area contributed by atoms with E-state index in [1.165, 1.54) is 22.3 Å². The molecule has 0 atom stereocenters. The van der Waals surface area contributed by atoms with E-state index in [4.69, 9.17) is 4.74 Å². The highest BCUT2D eigenvalue weighted by Gasteiger charge is 2.06. The molecule has 0 aliphatic rings. The van der Waals surface area contributed by atoms with Crippen molar-refractivity contribution in [3.8, 4) is 0 Å². The van der Waals surface area contributed by atoms with Gasteiger partial charge in [0.2, 0.25) is 0 Å². The van der Waals surface area contributed by atoms with E-state index in [0.29, 0.717) is 13.1 Å². The quantitative estimate of drug-likeness (QED) is 0.688. The second-order valence-corrected chi connectivity index (χ2v) is 3.63. The molecule has 0 radical (unpaired) electrons. The number of carbonyl (C=O) groups excluding carboxylic acids is 1. The Morgan fingerprint density at radius 3 is 2.36 bits per heavy atom. The van der Waals surface area contributed by atoms with Crippen LogP contribution in [0.15, 0.2) is 6.07 Å². The summed E-state index contributed by atoms with van der Waals surface area (Å²) in [5, 5.41) is 0. The summed E-state index contributed by atoms with van der Waals surface area (Å²) in [6.07, 6.45) is 0. The molecule has 76 valence electrons. The van der Waals surface area contributed by atoms with Crippen molar-refractivity contribution in [3.63, 3.8) is 0 Å². The molecule has 0 amide bonds. The zero-order chi connectivity index (χ0) is 10.7. The van der Waals surface area contributed by atoms with E-state index in [2.05, 4.69) is 33.8 Å².